The van der Waals surface area contributed by atoms with Crippen LogP contribution in [0.25, 0.3) is 11.3 Å². The van der Waals surface area contributed by atoms with Gasteiger partial charge in [0.25, 0.3) is 0 Å². The summed E-state index contributed by atoms with van der Waals surface area (Å²) in [6.07, 6.45) is 4.22. The van der Waals surface area contributed by atoms with Crippen molar-refractivity contribution in [3.63, 3.8) is 0 Å². The zero-order chi connectivity index (χ0) is 18.4. The van der Waals surface area contributed by atoms with Crippen LogP contribution in [0.4, 0.5) is 11.5 Å². The molecule has 0 spiro atoms. The summed E-state index contributed by atoms with van der Waals surface area (Å²) in [5.41, 5.74) is 8.00. The second-order valence-corrected chi connectivity index (χ2v) is 6.42. The molecular formula is C18H20BrN5O2. The van der Waals surface area contributed by atoms with Gasteiger partial charge in [0.05, 0.1) is 36.9 Å². The molecule has 8 heteroatoms. The third kappa shape index (κ3) is 4.33. The van der Waals surface area contributed by atoms with Gasteiger partial charge in [-0.1, -0.05) is 15.9 Å². The van der Waals surface area contributed by atoms with E-state index in [-0.39, 0.29) is 0 Å². The van der Waals surface area contributed by atoms with E-state index < -0.39 is 0 Å². The fourth-order valence-electron chi connectivity index (χ4n) is 2.46. The number of halogens is 1. The van der Waals surface area contributed by atoms with Crippen molar-refractivity contribution in [3.8, 4) is 22.8 Å². The molecule has 7 nitrogen and oxygen atoms in total. The normalized spacial score (nSPS) is 10.6. The fraction of sp³-hybridized carbons (Fsp3) is 0.222. The predicted octanol–water partition coefficient (Wildman–Crippen LogP) is 3.71. The van der Waals surface area contributed by atoms with Crippen LogP contribution in [0.15, 0.2) is 47.2 Å². The first-order chi connectivity index (χ1) is 12.7. The van der Waals surface area contributed by atoms with Crippen LogP contribution < -0.4 is 20.5 Å². The summed E-state index contributed by atoms with van der Waals surface area (Å²) in [6, 6.07) is 9.47. The number of nitrogens with one attached hydrogen (secondary N) is 2. The Kier molecular flexibility index (Phi) is 6.08. The third-order valence-electron chi connectivity index (χ3n) is 3.64. The van der Waals surface area contributed by atoms with Crippen LogP contribution in [0.5, 0.6) is 11.5 Å². The first kappa shape index (κ1) is 18.2. The molecule has 3 aromatic rings. The molecule has 3 rings (SSSR count). The molecule has 0 aliphatic rings. The van der Waals surface area contributed by atoms with Crippen LogP contribution in [0.1, 0.15) is 6.42 Å². The predicted molar refractivity (Wildman–Crippen MR) is 105 cm³/mol. The van der Waals surface area contributed by atoms with Gasteiger partial charge in [-0.2, -0.15) is 5.10 Å². The Morgan fingerprint density at radius 2 is 2.12 bits per heavy atom. The van der Waals surface area contributed by atoms with Gasteiger partial charge >= 0.3 is 0 Å². The van der Waals surface area contributed by atoms with Crippen molar-refractivity contribution in [2.24, 2.45) is 5.73 Å². The summed E-state index contributed by atoms with van der Waals surface area (Å²) in [6.45, 7) is 1.10. The van der Waals surface area contributed by atoms with Crippen LogP contribution in [0.3, 0.4) is 0 Å². The quantitative estimate of drug-likeness (QED) is 0.483. The SMILES string of the molecule is COc1cc(Br)cc(OCCCN)c1-c1cc(Nc2cccnc2)n[nH]1. The number of H-pyrrole nitrogens is 1. The minimum Gasteiger partial charge on any atom is -0.496 e. The lowest BCUT2D eigenvalue weighted by atomic mass is 10.1. The lowest BCUT2D eigenvalue weighted by Gasteiger charge is -2.14. The highest BCUT2D eigenvalue weighted by Crippen LogP contribution is 2.41. The van der Waals surface area contributed by atoms with Crippen molar-refractivity contribution >= 4 is 27.4 Å². The fourth-order valence-corrected chi connectivity index (χ4v) is 2.88. The van der Waals surface area contributed by atoms with Gasteiger partial charge in [-0.25, -0.2) is 0 Å². The Hall–Kier alpha value is -2.58. The smallest absolute Gasteiger partial charge is 0.152 e. The minimum absolute atomic E-state index is 0.526. The molecule has 4 N–H and O–H groups in total. The van der Waals surface area contributed by atoms with Gasteiger partial charge < -0.3 is 20.5 Å². The van der Waals surface area contributed by atoms with Crippen LogP contribution in [0.2, 0.25) is 0 Å². The molecule has 0 unspecified atom stereocenters. The number of nitrogens with zero attached hydrogens (tertiary/aromatic N) is 2. The number of aromatic nitrogens is 3. The van der Waals surface area contributed by atoms with E-state index in [1.807, 2.05) is 30.3 Å². The summed E-state index contributed by atoms with van der Waals surface area (Å²) in [4.78, 5) is 4.08. The zero-order valence-corrected chi connectivity index (χ0v) is 15.9. The maximum Gasteiger partial charge on any atom is 0.152 e. The number of ether oxygens (including phenoxy) is 2. The second-order valence-electron chi connectivity index (χ2n) is 5.51. The summed E-state index contributed by atoms with van der Waals surface area (Å²) in [5, 5.41) is 10.6. The van der Waals surface area contributed by atoms with E-state index in [0.29, 0.717) is 30.5 Å². The van der Waals surface area contributed by atoms with Crippen molar-refractivity contribution in [3.05, 3.63) is 47.2 Å². The minimum atomic E-state index is 0.526. The van der Waals surface area contributed by atoms with Gasteiger partial charge in [-0.3, -0.25) is 10.1 Å². The topological polar surface area (TPSA) is 98.1 Å². The van der Waals surface area contributed by atoms with Gasteiger partial charge in [0.1, 0.15) is 11.5 Å². The number of anilines is 2. The maximum atomic E-state index is 5.91. The first-order valence-corrected chi connectivity index (χ1v) is 8.94. The van der Waals surface area contributed by atoms with Crippen molar-refractivity contribution < 1.29 is 9.47 Å². The molecule has 0 fully saturated rings. The summed E-state index contributed by atoms with van der Waals surface area (Å²) < 4.78 is 12.3. The monoisotopic (exact) mass is 417 g/mol. The maximum absolute atomic E-state index is 5.91. The standard InChI is InChI=1S/C18H20BrN5O2/c1-25-15-8-12(19)9-16(26-7-3-5-20)18(15)14-10-17(24-23-14)22-13-4-2-6-21-11-13/h2,4,6,8-11H,3,5,7,20H2,1H3,(H2,22,23,24). The summed E-state index contributed by atoms with van der Waals surface area (Å²) in [5.74, 6) is 2.05. The third-order valence-corrected chi connectivity index (χ3v) is 4.10. The average molecular weight is 418 g/mol. The number of hydrogen-bond donors (Lipinski definition) is 3. The Morgan fingerprint density at radius 3 is 2.85 bits per heavy atom. The number of benzene rings is 1. The molecule has 0 radical (unpaired) electrons. The van der Waals surface area contributed by atoms with Crippen molar-refractivity contribution in [1.29, 1.82) is 0 Å². The highest BCUT2D eigenvalue weighted by Gasteiger charge is 2.17. The number of hydrogen-bond acceptors (Lipinski definition) is 6. The highest BCUT2D eigenvalue weighted by atomic mass is 79.9. The van der Waals surface area contributed by atoms with Crippen molar-refractivity contribution in [2.45, 2.75) is 6.42 Å². The van der Waals surface area contributed by atoms with Crippen LogP contribution in [-0.4, -0.2) is 35.4 Å². The van der Waals surface area contributed by atoms with E-state index in [4.69, 9.17) is 15.2 Å². The van der Waals surface area contributed by atoms with E-state index in [0.717, 1.165) is 27.8 Å². The molecule has 0 saturated heterocycles. The first-order valence-electron chi connectivity index (χ1n) is 8.14. The highest BCUT2D eigenvalue weighted by molar-refractivity contribution is 9.10. The Labute approximate surface area is 160 Å². The molecule has 0 aliphatic heterocycles. The van der Waals surface area contributed by atoms with Gasteiger partial charge in [0.2, 0.25) is 0 Å². The molecular weight excluding hydrogens is 398 g/mol. The molecule has 2 aromatic heterocycles. The Bertz CT molecular complexity index is 854. The molecule has 0 bridgehead atoms. The molecule has 0 saturated carbocycles. The van der Waals surface area contributed by atoms with E-state index >= 15 is 0 Å². The lowest BCUT2D eigenvalue weighted by molar-refractivity contribution is 0.312. The largest absolute Gasteiger partial charge is 0.496 e. The molecule has 26 heavy (non-hydrogen) atoms. The zero-order valence-electron chi connectivity index (χ0n) is 14.3. The average Bonchev–Trinajstić information content (AvgIpc) is 3.10. The van der Waals surface area contributed by atoms with Crippen molar-refractivity contribution in [1.82, 2.24) is 15.2 Å². The number of nitrogens with two attached hydrogens (primary N) is 1. The molecule has 0 amide bonds. The molecule has 0 atom stereocenters. The Morgan fingerprint density at radius 1 is 1.27 bits per heavy atom. The number of methoxy groups -OCH3 is 1. The van der Waals surface area contributed by atoms with Gasteiger partial charge in [0.15, 0.2) is 5.82 Å². The number of pyridine rings is 1. The molecule has 2 heterocycles. The summed E-state index contributed by atoms with van der Waals surface area (Å²) in [7, 11) is 1.63. The van der Waals surface area contributed by atoms with Crippen LogP contribution >= 0.6 is 15.9 Å². The van der Waals surface area contributed by atoms with Gasteiger partial charge in [0, 0.05) is 16.7 Å². The van der Waals surface area contributed by atoms with Gasteiger partial charge in [-0.15, -0.1) is 0 Å². The number of rotatable bonds is 8. The molecule has 0 aliphatic carbocycles. The van der Waals surface area contributed by atoms with E-state index in [1.165, 1.54) is 0 Å². The van der Waals surface area contributed by atoms with E-state index in [1.54, 1.807) is 19.5 Å². The van der Waals surface area contributed by atoms with Crippen LogP contribution in [-0.2, 0) is 0 Å². The van der Waals surface area contributed by atoms with E-state index in [9.17, 15) is 0 Å². The second kappa shape index (κ2) is 8.68. The van der Waals surface area contributed by atoms with Crippen LogP contribution in [0, 0.1) is 0 Å². The van der Waals surface area contributed by atoms with Gasteiger partial charge in [-0.05, 0) is 37.2 Å². The molecule has 1 aromatic carbocycles. The molecule has 136 valence electrons. The van der Waals surface area contributed by atoms with Crippen molar-refractivity contribution in [2.75, 3.05) is 25.6 Å². The number of aromatic amines is 1. The Balaban J connectivity index is 1.92. The van der Waals surface area contributed by atoms with E-state index in [2.05, 4.69) is 36.4 Å². The lowest BCUT2D eigenvalue weighted by Crippen LogP contribution is -2.07. The summed E-state index contributed by atoms with van der Waals surface area (Å²) >= 11 is 3.49.